The first-order valence-corrected chi connectivity index (χ1v) is 5.51. The molecule has 5 nitrogen and oxygen atoms in total. The van der Waals surface area contributed by atoms with Crippen LogP contribution in [-0.4, -0.2) is 14.9 Å². The molecular formula is C11H16N4O. The Morgan fingerprint density at radius 3 is 3.00 bits per heavy atom. The first-order valence-electron chi connectivity index (χ1n) is 5.51. The smallest absolute Gasteiger partial charge is 0.150 e. The van der Waals surface area contributed by atoms with Gasteiger partial charge in [-0.15, -0.1) is 0 Å². The van der Waals surface area contributed by atoms with Crippen molar-refractivity contribution >= 4 is 0 Å². The Labute approximate surface area is 94.4 Å². The third-order valence-electron chi connectivity index (χ3n) is 2.34. The third kappa shape index (κ3) is 2.70. The van der Waals surface area contributed by atoms with Gasteiger partial charge in [-0.25, -0.2) is 0 Å². The van der Waals surface area contributed by atoms with E-state index in [0.29, 0.717) is 6.54 Å². The molecule has 0 unspecified atom stereocenters. The van der Waals surface area contributed by atoms with Gasteiger partial charge in [0, 0.05) is 25.4 Å². The molecule has 0 aliphatic heterocycles. The fourth-order valence-corrected chi connectivity index (χ4v) is 1.57. The highest BCUT2D eigenvalue weighted by Crippen LogP contribution is 2.01. The van der Waals surface area contributed by atoms with Crippen LogP contribution < -0.4 is 5.32 Å². The molecule has 86 valence electrons. The molecule has 1 N–H and O–H groups in total. The predicted molar refractivity (Wildman–Crippen MR) is 59.6 cm³/mol. The van der Waals surface area contributed by atoms with Crippen LogP contribution in [0.1, 0.15) is 24.8 Å². The molecule has 0 radical (unpaired) electrons. The van der Waals surface area contributed by atoms with E-state index in [1.54, 1.807) is 6.20 Å². The summed E-state index contributed by atoms with van der Waals surface area (Å²) in [6.45, 7) is 4.59. The second-order valence-corrected chi connectivity index (χ2v) is 3.63. The minimum Gasteiger partial charge on any atom is -0.360 e. The average molecular weight is 220 g/mol. The van der Waals surface area contributed by atoms with E-state index in [4.69, 9.17) is 4.52 Å². The Morgan fingerprint density at radius 1 is 1.31 bits per heavy atom. The molecule has 0 amide bonds. The van der Waals surface area contributed by atoms with Crippen LogP contribution in [0.5, 0.6) is 0 Å². The zero-order chi connectivity index (χ0) is 11.2. The number of rotatable bonds is 6. The number of nitrogens with zero attached hydrogens (tertiary/aromatic N) is 3. The van der Waals surface area contributed by atoms with Crippen molar-refractivity contribution in [2.24, 2.45) is 0 Å². The molecule has 0 saturated heterocycles. The number of hydrogen-bond acceptors (Lipinski definition) is 4. The van der Waals surface area contributed by atoms with Crippen LogP contribution in [0.4, 0.5) is 0 Å². The number of aryl methyl sites for hydroxylation is 1. The van der Waals surface area contributed by atoms with Crippen molar-refractivity contribution in [1.29, 1.82) is 0 Å². The van der Waals surface area contributed by atoms with Gasteiger partial charge in [0.15, 0.2) is 0 Å². The second kappa shape index (κ2) is 5.46. The van der Waals surface area contributed by atoms with Crippen LogP contribution in [-0.2, 0) is 19.6 Å². The first-order chi connectivity index (χ1) is 7.90. The Bertz CT molecular complexity index is 407. The molecule has 0 aliphatic rings. The second-order valence-electron chi connectivity index (χ2n) is 3.63. The summed E-state index contributed by atoms with van der Waals surface area (Å²) in [5.41, 5.74) is 1.20. The lowest BCUT2D eigenvalue weighted by Crippen LogP contribution is -2.16. The van der Waals surface area contributed by atoms with Crippen LogP contribution in [0.15, 0.2) is 29.0 Å². The molecule has 2 aromatic heterocycles. The Kier molecular flexibility index (Phi) is 3.71. The van der Waals surface area contributed by atoms with E-state index in [-0.39, 0.29) is 0 Å². The van der Waals surface area contributed by atoms with Gasteiger partial charge >= 0.3 is 0 Å². The molecule has 16 heavy (non-hydrogen) atoms. The zero-order valence-corrected chi connectivity index (χ0v) is 9.39. The normalized spacial score (nSPS) is 10.8. The molecular weight excluding hydrogens is 204 g/mol. The summed E-state index contributed by atoms with van der Waals surface area (Å²) in [5, 5.41) is 11.2. The summed E-state index contributed by atoms with van der Waals surface area (Å²) in [5.74, 6) is 0.849. The minimum atomic E-state index is 0.692. The average Bonchev–Trinajstić information content (AvgIpc) is 2.91. The molecule has 2 rings (SSSR count). The molecule has 0 spiro atoms. The predicted octanol–water partition coefficient (Wildman–Crippen LogP) is 1.57. The number of aromatic nitrogens is 3. The molecule has 2 heterocycles. The van der Waals surface area contributed by atoms with Gasteiger partial charge in [-0.1, -0.05) is 12.1 Å². The van der Waals surface area contributed by atoms with Gasteiger partial charge in [-0.3, -0.25) is 4.68 Å². The quantitative estimate of drug-likeness (QED) is 0.802. The molecule has 0 aromatic carbocycles. The van der Waals surface area contributed by atoms with E-state index >= 15 is 0 Å². The highest BCUT2D eigenvalue weighted by atomic mass is 16.5. The maximum Gasteiger partial charge on any atom is 0.150 e. The van der Waals surface area contributed by atoms with Gasteiger partial charge in [0.25, 0.3) is 0 Å². The summed E-state index contributed by atoms with van der Waals surface area (Å²) in [7, 11) is 0. The first kappa shape index (κ1) is 10.9. The monoisotopic (exact) mass is 220 g/mol. The van der Waals surface area contributed by atoms with Crippen molar-refractivity contribution < 1.29 is 4.52 Å². The fourth-order valence-electron chi connectivity index (χ4n) is 1.57. The van der Waals surface area contributed by atoms with E-state index in [1.807, 2.05) is 23.0 Å². The molecule has 0 atom stereocenters. The van der Waals surface area contributed by atoms with Gasteiger partial charge in [0.05, 0.1) is 18.4 Å². The van der Waals surface area contributed by atoms with Crippen LogP contribution >= 0.6 is 0 Å². The standard InChI is InChI=1S/C11H16N4O/c1-2-7-15-10(3-5-13-15)8-12-9-11-4-6-14-16-11/h3-6,12H,2,7-9H2,1H3. The fraction of sp³-hybridized carbons (Fsp3) is 0.455. The van der Waals surface area contributed by atoms with E-state index in [9.17, 15) is 0 Å². The van der Waals surface area contributed by atoms with Gasteiger partial charge in [0.1, 0.15) is 5.76 Å². The Hall–Kier alpha value is -1.62. The lowest BCUT2D eigenvalue weighted by atomic mass is 10.4. The lowest BCUT2D eigenvalue weighted by Gasteiger charge is -2.06. The van der Waals surface area contributed by atoms with Crippen molar-refractivity contribution in [3.63, 3.8) is 0 Å². The van der Waals surface area contributed by atoms with Crippen molar-refractivity contribution in [3.05, 3.63) is 36.0 Å². The highest BCUT2D eigenvalue weighted by molar-refractivity contribution is 5.00. The number of hydrogen-bond donors (Lipinski definition) is 1. The third-order valence-corrected chi connectivity index (χ3v) is 2.34. The molecule has 0 fully saturated rings. The molecule has 0 saturated carbocycles. The maximum atomic E-state index is 5.00. The van der Waals surface area contributed by atoms with Crippen molar-refractivity contribution in [2.75, 3.05) is 0 Å². The largest absolute Gasteiger partial charge is 0.360 e. The van der Waals surface area contributed by atoms with E-state index in [2.05, 4.69) is 22.5 Å². The van der Waals surface area contributed by atoms with Gasteiger partial charge < -0.3 is 9.84 Å². The van der Waals surface area contributed by atoms with Gasteiger partial charge in [0.2, 0.25) is 0 Å². The van der Waals surface area contributed by atoms with E-state index < -0.39 is 0 Å². The van der Waals surface area contributed by atoms with Gasteiger partial charge in [-0.2, -0.15) is 5.10 Å². The summed E-state index contributed by atoms with van der Waals surface area (Å²) < 4.78 is 7.02. The van der Waals surface area contributed by atoms with E-state index in [1.165, 1.54) is 5.69 Å². The summed E-state index contributed by atoms with van der Waals surface area (Å²) in [6, 6.07) is 3.89. The summed E-state index contributed by atoms with van der Waals surface area (Å²) in [4.78, 5) is 0. The van der Waals surface area contributed by atoms with Crippen LogP contribution in [0, 0.1) is 0 Å². The Balaban J connectivity index is 1.82. The highest BCUT2D eigenvalue weighted by Gasteiger charge is 2.02. The SMILES string of the molecule is CCCn1nccc1CNCc1ccno1. The molecule has 2 aromatic rings. The topological polar surface area (TPSA) is 55.9 Å². The molecule has 0 bridgehead atoms. The van der Waals surface area contributed by atoms with E-state index in [0.717, 1.165) is 25.3 Å². The van der Waals surface area contributed by atoms with Crippen molar-refractivity contribution in [2.45, 2.75) is 33.0 Å². The van der Waals surface area contributed by atoms with Crippen LogP contribution in [0.3, 0.4) is 0 Å². The molecule has 5 heteroatoms. The van der Waals surface area contributed by atoms with Crippen LogP contribution in [0.2, 0.25) is 0 Å². The van der Waals surface area contributed by atoms with Gasteiger partial charge in [-0.05, 0) is 12.5 Å². The van der Waals surface area contributed by atoms with Crippen LogP contribution in [0.25, 0.3) is 0 Å². The summed E-state index contributed by atoms with van der Waals surface area (Å²) >= 11 is 0. The van der Waals surface area contributed by atoms with Crippen molar-refractivity contribution in [1.82, 2.24) is 20.3 Å². The lowest BCUT2D eigenvalue weighted by molar-refractivity contribution is 0.371. The Morgan fingerprint density at radius 2 is 2.25 bits per heavy atom. The number of nitrogens with one attached hydrogen (secondary N) is 1. The summed E-state index contributed by atoms with van der Waals surface area (Å²) in [6.07, 6.45) is 4.58. The van der Waals surface area contributed by atoms with Crippen molar-refractivity contribution in [3.8, 4) is 0 Å². The zero-order valence-electron chi connectivity index (χ0n) is 9.39. The maximum absolute atomic E-state index is 5.00. The molecule has 0 aliphatic carbocycles. The minimum absolute atomic E-state index is 0.692.